The lowest BCUT2D eigenvalue weighted by Gasteiger charge is -2.31. The molecule has 0 aliphatic carbocycles. The summed E-state index contributed by atoms with van der Waals surface area (Å²) in [5.41, 5.74) is 0. The quantitative estimate of drug-likeness (QED) is 0.656. The minimum Gasteiger partial charge on any atom is -0.312 e. The van der Waals surface area contributed by atoms with Crippen LogP contribution in [0, 0.1) is 0 Å². The van der Waals surface area contributed by atoms with Gasteiger partial charge in [-0.2, -0.15) is 0 Å². The Labute approximate surface area is 92.3 Å². The molecule has 1 heterocycles. The smallest absolute Gasteiger partial charge is 0.211 e. The molecule has 6 heteroatoms. The number of nitrogens with zero attached hydrogens (tertiary/aromatic N) is 1. The topological polar surface area (TPSA) is 61.4 Å². The van der Waals surface area contributed by atoms with Crippen molar-refractivity contribution in [1.29, 1.82) is 0 Å². The van der Waals surface area contributed by atoms with Crippen LogP contribution in [0.25, 0.3) is 0 Å². The molecule has 1 aliphatic rings. The lowest BCUT2D eigenvalue weighted by Crippen LogP contribution is -2.50. The molecular weight excluding hydrogens is 214 g/mol. The summed E-state index contributed by atoms with van der Waals surface area (Å²) in [7, 11) is -3.03. The fourth-order valence-electron chi connectivity index (χ4n) is 1.68. The van der Waals surface area contributed by atoms with Crippen molar-refractivity contribution >= 4 is 10.0 Å². The summed E-state index contributed by atoms with van der Waals surface area (Å²) < 4.78 is 24.9. The van der Waals surface area contributed by atoms with Gasteiger partial charge in [-0.05, 0) is 13.8 Å². The third kappa shape index (κ3) is 4.92. The monoisotopic (exact) mass is 235 g/mol. The molecule has 15 heavy (non-hydrogen) atoms. The number of piperazine rings is 1. The third-order valence-corrected chi connectivity index (χ3v) is 3.99. The van der Waals surface area contributed by atoms with Gasteiger partial charge in [0.25, 0.3) is 0 Å². The molecule has 2 N–H and O–H groups in total. The second-order valence-corrected chi connectivity index (χ2v) is 6.05. The summed E-state index contributed by atoms with van der Waals surface area (Å²) in [6, 6.07) is 0.501. The van der Waals surface area contributed by atoms with E-state index in [9.17, 15) is 8.42 Å². The SMILES string of the molecule is CCS(=O)(=O)NCCN1CCNC(C)C1. The third-order valence-electron chi connectivity index (χ3n) is 2.58. The van der Waals surface area contributed by atoms with Crippen LogP contribution in [0.4, 0.5) is 0 Å². The Morgan fingerprint density at radius 3 is 2.87 bits per heavy atom. The van der Waals surface area contributed by atoms with Crippen molar-refractivity contribution in [2.24, 2.45) is 0 Å². The fourth-order valence-corrected chi connectivity index (χ4v) is 2.28. The molecule has 1 rings (SSSR count). The summed E-state index contributed by atoms with van der Waals surface area (Å²) in [5, 5.41) is 3.35. The number of rotatable bonds is 5. The Kier molecular flexibility index (Phi) is 4.98. The van der Waals surface area contributed by atoms with Gasteiger partial charge in [-0.25, -0.2) is 13.1 Å². The minimum atomic E-state index is -3.03. The van der Waals surface area contributed by atoms with Crippen molar-refractivity contribution in [3.63, 3.8) is 0 Å². The molecule has 0 amide bonds. The molecule has 0 aromatic heterocycles. The van der Waals surface area contributed by atoms with E-state index in [1.165, 1.54) is 0 Å². The zero-order valence-corrected chi connectivity index (χ0v) is 10.3. The van der Waals surface area contributed by atoms with Crippen molar-refractivity contribution in [2.75, 3.05) is 38.5 Å². The van der Waals surface area contributed by atoms with Crippen molar-refractivity contribution in [1.82, 2.24) is 14.9 Å². The first-order chi connectivity index (χ1) is 7.03. The molecule has 0 spiro atoms. The highest BCUT2D eigenvalue weighted by molar-refractivity contribution is 7.89. The van der Waals surface area contributed by atoms with Crippen LogP contribution in [0.2, 0.25) is 0 Å². The highest BCUT2D eigenvalue weighted by Gasteiger charge is 2.15. The average molecular weight is 235 g/mol. The number of sulfonamides is 1. The predicted octanol–water partition coefficient (Wildman–Crippen LogP) is -0.781. The first-order valence-corrected chi connectivity index (χ1v) is 7.12. The maximum Gasteiger partial charge on any atom is 0.211 e. The van der Waals surface area contributed by atoms with E-state index in [-0.39, 0.29) is 5.75 Å². The zero-order valence-electron chi connectivity index (χ0n) is 9.49. The minimum absolute atomic E-state index is 0.158. The summed E-state index contributed by atoms with van der Waals surface area (Å²) >= 11 is 0. The van der Waals surface area contributed by atoms with E-state index in [1.54, 1.807) is 6.92 Å². The zero-order chi connectivity index (χ0) is 11.3. The molecule has 1 saturated heterocycles. The Hall–Kier alpha value is -0.170. The van der Waals surface area contributed by atoms with Crippen molar-refractivity contribution in [2.45, 2.75) is 19.9 Å². The molecule has 0 aromatic carbocycles. The van der Waals surface area contributed by atoms with Crippen LogP contribution in [-0.2, 0) is 10.0 Å². The molecule has 5 nitrogen and oxygen atoms in total. The molecule has 1 aliphatic heterocycles. The van der Waals surface area contributed by atoms with E-state index in [0.29, 0.717) is 12.6 Å². The molecule has 90 valence electrons. The summed E-state index contributed by atoms with van der Waals surface area (Å²) in [6.45, 7) is 8.08. The van der Waals surface area contributed by atoms with Gasteiger partial charge < -0.3 is 5.32 Å². The standard InChI is InChI=1S/C9H21N3O2S/c1-3-15(13,14)11-5-7-12-6-4-10-9(2)8-12/h9-11H,3-8H2,1-2H3. The Bertz CT molecular complexity index is 279. The Morgan fingerprint density at radius 1 is 1.53 bits per heavy atom. The number of hydrogen-bond acceptors (Lipinski definition) is 4. The summed E-state index contributed by atoms with van der Waals surface area (Å²) in [4.78, 5) is 2.28. The van der Waals surface area contributed by atoms with E-state index in [4.69, 9.17) is 0 Å². The van der Waals surface area contributed by atoms with E-state index in [1.807, 2.05) is 0 Å². The Balaban J connectivity index is 2.20. The highest BCUT2D eigenvalue weighted by Crippen LogP contribution is 1.97. The van der Waals surface area contributed by atoms with Crippen LogP contribution in [0.1, 0.15) is 13.8 Å². The molecule has 1 fully saturated rings. The van der Waals surface area contributed by atoms with Gasteiger partial charge in [0.2, 0.25) is 10.0 Å². The van der Waals surface area contributed by atoms with Gasteiger partial charge in [0.05, 0.1) is 5.75 Å². The van der Waals surface area contributed by atoms with Gasteiger partial charge >= 0.3 is 0 Å². The molecule has 0 aromatic rings. The van der Waals surface area contributed by atoms with Gasteiger partial charge in [-0.1, -0.05) is 0 Å². The number of hydrogen-bond donors (Lipinski definition) is 2. The second kappa shape index (κ2) is 5.79. The van der Waals surface area contributed by atoms with E-state index >= 15 is 0 Å². The molecule has 0 bridgehead atoms. The van der Waals surface area contributed by atoms with E-state index in [2.05, 4.69) is 21.9 Å². The normalized spacial score (nSPS) is 24.3. The fraction of sp³-hybridized carbons (Fsp3) is 1.00. The van der Waals surface area contributed by atoms with Crippen LogP contribution in [-0.4, -0.2) is 57.8 Å². The highest BCUT2D eigenvalue weighted by atomic mass is 32.2. The molecule has 0 saturated carbocycles. The maximum atomic E-state index is 11.2. The van der Waals surface area contributed by atoms with Crippen molar-refractivity contribution < 1.29 is 8.42 Å². The maximum absolute atomic E-state index is 11.2. The second-order valence-electron chi connectivity index (χ2n) is 3.95. The lowest BCUT2D eigenvalue weighted by molar-refractivity contribution is 0.210. The Morgan fingerprint density at radius 2 is 2.27 bits per heavy atom. The van der Waals surface area contributed by atoms with Gasteiger partial charge in [-0.3, -0.25) is 4.90 Å². The lowest BCUT2D eigenvalue weighted by atomic mass is 10.2. The molecule has 0 radical (unpaired) electrons. The van der Waals surface area contributed by atoms with Gasteiger partial charge in [0.1, 0.15) is 0 Å². The first-order valence-electron chi connectivity index (χ1n) is 5.46. The molecular formula is C9H21N3O2S. The van der Waals surface area contributed by atoms with Crippen LogP contribution < -0.4 is 10.0 Å². The van der Waals surface area contributed by atoms with E-state index < -0.39 is 10.0 Å². The van der Waals surface area contributed by atoms with E-state index in [0.717, 1.165) is 26.2 Å². The number of nitrogens with one attached hydrogen (secondary N) is 2. The van der Waals surface area contributed by atoms with Crippen molar-refractivity contribution in [3.8, 4) is 0 Å². The van der Waals surface area contributed by atoms with Crippen LogP contribution >= 0.6 is 0 Å². The molecule has 1 atom stereocenters. The van der Waals surface area contributed by atoms with Gasteiger partial charge in [0, 0.05) is 38.8 Å². The van der Waals surface area contributed by atoms with Crippen LogP contribution in [0.3, 0.4) is 0 Å². The van der Waals surface area contributed by atoms with Gasteiger partial charge in [-0.15, -0.1) is 0 Å². The largest absolute Gasteiger partial charge is 0.312 e. The average Bonchev–Trinajstić information content (AvgIpc) is 2.18. The summed E-state index contributed by atoms with van der Waals surface area (Å²) in [6.07, 6.45) is 0. The predicted molar refractivity (Wildman–Crippen MR) is 61.4 cm³/mol. The van der Waals surface area contributed by atoms with Crippen LogP contribution in [0.5, 0.6) is 0 Å². The van der Waals surface area contributed by atoms with Gasteiger partial charge in [0.15, 0.2) is 0 Å². The summed E-state index contributed by atoms with van der Waals surface area (Å²) in [5.74, 6) is 0.158. The van der Waals surface area contributed by atoms with Crippen molar-refractivity contribution in [3.05, 3.63) is 0 Å². The van der Waals surface area contributed by atoms with Crippen LogP contribution in [0.15, 0.2) is 0 Å². The molecule has 1 unspecified atom stereocenters. The first kappa shape index (κ1) is 12.9.